The van der Waals surface area contributed by atoms with Gasteiger partial charge in [-0.15, -0.1) is 0 Å². The van der Waals surface area contributed by atoms with Crippen molar-refractivity contribution in [3.63, 3.8) is 0 Å². The molecule has 2 heterocycles. The molecule has 0 unspecified atom stereocenters. The van der Waals surface area contributed by atoms with Gasteiger partial charge in [0.05, 0.1) is 30.7 Å². The van der Waals surface area contributed by atoms with E-state index in [4.69, 9.17) is 14.6 Å². The van der Waals surface area contributed by atoms with Crippen molar-refractivity contribution in [3.8, 4) is 17.0 Å². The van der Waals surface area contributed by atoms with Gasteiger partial charge in [0.15, 0.2) is 0 Å². The molecular formula is C22H22N2O3. The molecule has 0 saturated carbocycles. The van der Waals surface area contributed by atoms with Gasteiger partial charge >= 0.3 is 0 Å². The molecule has 0 atom stereocenters. The first-order chi connectivity index (χ1) is 13.0. The maximum Gasteiger partial charge on any atom is 0.278 e. The second-order valence-electron chi connectivity index (χ2n) is 7.31. The number of methoxy groups -OCH3 is 1. The van der Waals surface area contributed by atoms with Gasteiger partial charge in [-0.25, -0.2) is 0 Å². The zero-order valence-electron chi connectivity index (χ0n) is 15.7. The van der Waals surface area contributed by atoms with Crippen molar-refractivity contribution in [1.82, 2.24) is 9.78 Å². The Labute approximate surface area is 158 Å². The fourth-order valence-corrected chi connectivity index (χ4v) is 3.41. The second-order valence-corrected chi connectivity index (χ2v) is 7.31. The van der Waals surface area contributed by atoms with Gasteiger partial charge in [0.1, 0.15) is 5.75 Å². The molecule has 0 fully saturated rings. The Morgan fingerprint density at radius 3 is 2.48 bits per heavy atom. The van der Waals surface area contributed by atoms with Gasteiger partial charge in [0, 0.05) is 23.1 Å². The first kappa shape index (κ1) is 17.5. The minimum atomic E-state index is -0.288. The monoisotopic (exact) mass is 362 g/mol. The molecule has 5 heteroatoms. The van der Waals surface area contributed by atoms with E-state index in [0.29, 0.717) is 24.3 Å². The summed E-state index contributed by atoms with van der Waals surface area (Å²) in [6, 6.07) is 17.0. The van der Waals surface area contributed by atoms with Crippen molar-refractivity contribution >= 4 is 5.91 Å². The lowest BCUT2D eigenvalue weighted by atomic mass is 9.94. The molecule has 0 spiro atoms. The summed E-state index contributed by atoms with van der Waals surface area (Å²) in [7, 11) is 1.60. The Balaban J connectivity index is 1.84. The highest BCUT2D eigenvalue weighted by molar-refractivity contribution is 5.98. The van der Waals surface area contributed by atoms with Crippen LogP contribution in [-0.4, -0.2) is 28.4 Å². The highest BCUT2D eigenvalue weighted by Gasteiger charge is 2.33. The first-order valence-electron chi connectivity index (χ1n) is 8.97. The summed E-state index contributed by atoms with van der Waals surface area (Å²) in [5.41, 5.74) is 3.95. The van der Waals surface area contributed by atoms with E-state index in [1.807, 2.05) is 44.2 Å². The molecular weight excluding hydrogens is 340 g/mol. The Kier molecular flexibility index (Phi) is 4.32. The summed E-state index contributed by atoms with van der Waals surface area (Å²) in [6.45, 7) is 4.54. The predicted octanol–water partition coefficient (Wildman–Crippen LogP) is 4.10. The lowest BCUT2D eigenvalue weighted by Crippen LogP contribution is -2.31. The van der Waals surface area contributed by atoms with Crippen LogP contribution in [0, 0.1) is 0 Å². The second kappa shape index (κ2) is 6.67. The Hall–Kier alpha value is -2.92. The van der Waals surface area contributed by atoms with Crippen molar-refractivity contribution in [2.24, 2.45) is 0 Å². The minimum Gasteiger partial charge on any atom is -0.497 e. The van der Waals surface area contributed by atoms with Crippen molar-refractivity contribution < 1.29 is 14.3 Å². The maximum atomic E-state index is 13.2. The summed E-state index contributed by atoms with van der Waals surface area (Å²) >= 11 is 0. The van der Waals surface area contributed by atoms with Crippen LogP contribution in [0.5, 0.6) is 5.75 Å². The molecule has 0 bridgehead atoms. The Morgan fingerprint density at radius 1 is 1.11 bits per heavy atom. The Morgan fingerprint density at radius 2 is 1.81 bits per heavy atom. The van der Waals surface area contributed by atoms with Crippen LogP contribution in [0.3, 0.4) is 0 Å². The topological polar surface area (TPSA) is 53.4 Å². The number of rotatable bonds is 3. The van der Waals surface area contributed by atoms with E-state index in [2.05, 4.69) is 0 Å². The quantitative estimate of drug-likeness (QED) is 0.704. The molecule has 0 saturated heterocycles. The van der Waals surface area contributed by atoms with E-state index in [9.17, 15) is 4.79 Å². The van der Waals surface area contributed by atoms with Crippen LogP contribution >= 0.6 is 0 Å². The Bertz CT molecular complexity index is 973. The summed E-state index contributed by atoms with van der Waals surface area (Å²) in [5.74, 6) is 0.549. The fraction of sp³-hybridized carbons (Fsp3) is 0.273. The molecule has 4 rings (SSSR count). The molecule has 0 aliphatic carbocycles. The van der Waals surface area contributed by atoms with Gasteiger partial charge < -0.3 is 9.47 Å². The predicted molar refractivity (Wildman–Crippen MR) is 103 cm³/mol. The summed E-state index contributed by atoms with van der Waals surface area (Å²) < 4.78 is 12.7. The van der Waals surface area contributed by atoms with Gasteiger partial charge in [0.2, 0.25) is 0 Å². The van der Waals surface area contributed by atoms with Crippen LogP contribution in [0.4, 0.5) is 0 Å². The smallest absolute Gasteiger partial charge is 0.278 e. The number of nitrogens with zero attached hydrogens (tertiary/aromatic N) is 2. The van der Waals surface area contributed by atoms with Crippen LogP contribution in [0.15, 0.2) is 54.6 Å². The molecule has 138 valence electrons. The first-order valence-corrected chi connectivity index (χ1v) is 8.97. The molecule has 1 aromatic heterocycles. The van der Waals surface area contributed by atoms with Crippen LogP contribution in [0.2, 0.25) is 0 Å². The van der Waals surface area contributed by atoms with Gasteiger partial charge in [-0.2, -0.15) is 9.78 Å². The third-order valence-electron chi connectivity index (χ3n) is 4.84. The van der Waals surface area contributed by atoms with E-state index >= 15 is 0 Å². The number of fused-ring (bicyclic) bond motifs is 1. The number of aromatic nitrogens is 2. The molecule has 0 N–H and O–H groups in total. The number of ether oxygens (including phenoxy) is 2. The van der Waals surface area contributed by atoms with E-state index in [1.165, 1.54) is 4.68 Å². The number of carbonyl (C=O) groups excluding carboxylic acids is 1. The number of carbonyl (C=O) groups is 1. The lowest BCUT2D eigenvalue weighted by molar-refractivity contribution is -0.0404. The largest absolute Gasteiger partial charge is 0.497 e. The fourth-order valence-electron chi connectivity index (χ4n) is 3.41. The standard InChI is InChI=1S/C22H22N2O3/c1-22(2)13-19-18(14-27-22)20(15-7-5-4-6-8-15)24(23-19)21(25)16-9-11-17(26-3)12-10-16/h4-12H,13-14H2,1-3H3. The van der Waals surface area contributed by atoms with E-state index in [-0.39, 0.29) is 11.5 Å². The van der Waals surface area contributed by atoms with Crippen LogP contribution < -0.4 is 4.74 Å². The molecule has 2 aromatic carbocycles. The molecule has 5 nitrogen and oxygen atoms in total. The summed E-state index contributed by atoms with van der Waals surface area (Å²) in [4.78, 5) is 13.2. The van der Waals surface area contributed by atoms with Crippen molar-refractivity contribution in [2.45, 2.75) is 32.5 Å². The van der Waals surface area contributed by atoms with Crippen molar-refractivity contribution in [3.05, 3.63) is 71.4 Å². The average molecular weight is 362 g/mol. The molecule has 0 amide bonds. The minimum absolute atomic E-state index is 0.163. The van der Waals surface area contributed by atoms with E-state index in [0.717, 1.165) is 22.5 Å². The van der Waals surface area contributed by atoms with Crippen LogP contribution in [0.25, 0.3) is 11.3 Å². The maximum absolute atomic E-state index is 13.2. The zero-order chi connectivity index (χ0) is 19.0. The lowest BCUT2D eigenvalue weighted by Gasteiger charge is -2.29. The highest BCUT2D eigenvalue weighted by Crippen LogP contribution is 2.35. The molecule has 3 aromatic rings. The molecule has 1 aliphatic rings. The number of benzene rings is 2. The van der Waals surface area contributed by atoms with Crippen molar-refractivity contribution in [2.75, 3.05) is 7.11 Å². The third kappa shape index (κ3) is 3.26. The number of hydrogen-bond acceptors (Lipinski definition) is 4. The van der Waals surface area contributed by atoms with Gasteiger partial charge in [-0.1, -0.05) is 30.3 Å². The SMILES string of the molecule is COc1ccc(C(=O)n2nc3c(c2-c2ccccc2)COC(C)(C)C3)cc1. The average Bonchev–Trinajstić information content (AvgIpc) is 3.05. The van der Waals surface area contributed by atoms with E-state index in [1.54, 1.807) is 31.4 Å². The zero-order valence-corrected chi connectivity index (χ0v) is 15.7. The van der Waals surface area contributed by atoms with Crippen LogP contribution in [0.1, 0.15) is 35.5 Å². The van der Waals surface area contributed by atoms with Gasteiger partial charge in [-0.3, -0.25) is 4.79 Å². The van der Waals surface area contributed by atoms with Crippen LogP contribution in [-0.2, 0) is 17.8 Å². The van der Waals surface area contributed by atoms with Gasteiger partial charge in [0.25, 0.3) is 5.91 Å². The van der Waals surface area contributed by atoms with Crippen molar-refractivity contribution in [1.29, 1.82) is 0 Å². The number of hydrogen-bond donors (Lipinski definition) is 0. The molecule has 1 aliphatic heterocycles. The highest BCUT2D eigenvalue weighted by atomic mass is 16.5. The third-order valence-corrected chi connectivity index (χ3v) is 4.84. The summed E-state index contributed by atoms with van der Waals surface area (Å²) in [5, 5.41) is 4.70. The summed E-state index contributed by atoms with van der Waals surface area (Å²) in [6.07, 6.45) is 0.672. The molecule has 27 heavy (non-hydrogen) atoms. The normalized spacial score (nSPS) is 15.2. The molecule has 0 radical (unpaired) electrons. The van der Waals surface area contributed by atoms with Gasteiger partial charge in [-0.05, 0) is 38.1 Å². The van der Waals surface area contributed by atoms with E-state index < -0.39 is 0 Å².